The monoisotopic (exact) mass is 210 g/mol. The summed E-state index contributed by atoms with van der Waals surface area (Å²) < 4.78 is 0. The number of aliphatic hydroxyl groups excluding tert-OH is 2. The second-order valence-electron chi connectivity index (χ2n) is 5.78. The van der Waals surface area contributed by atoms with Gasteiger partial charge >= 0.3 is 0 Å². The van der Waals surface area contributed by atoms with Gasteiger partial charge in [0.2, 0.25) is 0 Å². The van der Waals surface area contributed by atoms with E-state index in [1.807, 2.05) is 13.8 Å². The molecule has 0 saturated heterocycles. The molecule has 2 rings (SSSR count). The number of aliphatic hydroxyl groups is 2. The molecular formula is C12H18O3. The molecule has 15 heavy (non-hydrogen) atoms. The number of hydrogen-bond acceptors (Lipinski definition) is 3. The summed E-state index contributed by atoms with van der Waals surface area (Å²) in [6.07, 6.45) is 3.72. The Hall–Kier alpha value is -0.830. The zero-order chi connectivity index (χ0) is 11.3. The number of carbonyl (C=O) groups excluding carboxylic acids is 1. The average molecular weight is 210 g/mol. The molecule has 84 valence electrons. The minimum atomic E-state index is -0.396. The van der Waals surface area contributed by atoms with Crippen molar-refractivity contribution < 1.29 is 15.0 Å². The molecule has 0 aromatic heterocycles. The van der Waals surface area contributed by atoms with Crippen LogP contribution >= 0.6 is 0 Å². The van der Waals surface area contributed by atoms with Crippen molar-refractivity contribution in [2.45, 2.75) is 45.6 Å². The Balaban J connectivity index is 2.25. The van der Waals surface area contributed by atoms with Gasteiger partial charge in [-0.3, -0.25) is 4.79 Å². The van der Waals surface area contributed by atoms with Gasteiger partial charge in [-0.1, -0.05) is 13.8 Å². The summed E-state index contributed by atoms with van der Waals surface area (Å²) in [6, 6.07) is 0. The van der Waals surface area contributed by atoms with Crippen LogP contribution in [0.5, 0.6) is 0 Å². The highest BCUT2D eigenvalue weighted by Gasteiger charge is 2.53. The quantitative estimate of drug-likeness (QED) is 0.474. The Morgan fingerprint density at radius 1 is 1.40 bits per heavy atom. The molecular weight excluding hydrogens is 192 g/mol. The maximum atomic E-state index is 11.9. The number of allylic oxidation sites excluding steroid dienone is 1. The molecule has 2 N–H and O–H groups in total. The molecule has 0 aromatic carbocycles. The standard InChI is InChI=1S/C12H18O3/c1-11(2)7-12(4-9(14)5-12)3-8(6-13)10(11)15/h6,9,13-14H,3-5,7H2,1-2H3/b8-6-. The molecule has 0 bridgehead atoms. The number of hydrogen-bond donors (Lipinski definition) is 2. The minimum Gasteiger partial charge on any atom is -0.515 e. The van der Waals surface area contributed by atoms with Crippen molar-refractivity contribution in [1.29, 1.82) is 0 Å². The molecule has 3 heteroatoms. The molecule has 2 saturated carbocycles. The molecule has 0 radical (unpaired) electrons. The van der Waals surface area contributed by atoms with Crippen molar-refractivity contribution in [3.8, 4) is 0 Å². The van der Waals surface area contributed by atoms with Crippen molar-refractivity contribution in [1.82, 2.24) is 0 Å². The summed E-state index contributed by atoms with van der Waals surface area (Å²) >= 11 is 0. The second kappa shape index (κ2) is 3.08. The van der Waals surface area contributed by atoms with E-state index in [9.17, 15) is 9.90 Å². The van der Waals surface area contributed by atoms with Crippen molar-refractivity contribution in [2.24, 2.45) is 10.8 Å². The highest BCUT2D eigenvalue weighted by atomic mass is 16.3. The molecule has 2 aliphatic rings. The van der Waals surface area contributed by atoms with Crippen LogP contribution in [0.4, 0.5) is 0 Å². The van der Waals surface area contributed by atoms with E-state index in [1.165, 1.54) is 0 Å². The second-order valence-corrected chi connectivity index (χ2v) is 5.78. The van der Waals surface area contributed by atoms with E-state index in [-0.39, 0.29) is 17.3 Å². The number of ketones is 1. The van der Waals surface area contributed by atoms with Crippen LogP contribution in [-0.4, -0.2) is 22.1 Å². The van der Waals surface area contributed by atoms with Crippen LogP contribution in [0.1, 0.15) is 39.5 Å². The zero-order valence-electron chi connectivity index (χ0n) is 9.29. The zero-order valence-corrected chi connectivity index (χ0v) is 9.29. The first-order chi connectivity index (χ1) is 6.88. The van der Waals surface area contributed by atoms with Gasteiger partial charge in [-0.2, -0.15) is 0 Å². The number of Topliss-reactive ketones (excluding diaryl/α,β-unsaturated/α-hetero) is 1. The van der Waals surface area contributed by atoms with E-state index >= 15 is 0 Å². The van der Waals surface area contributed by atoms with Crippen LogP contribution in [0.3, 0.4) is 0 Å². The lowest BCUT2D eigenvalue weighted by atomic mass is 9.52. The van der Waals surface area contributed by atoms with Crippen molar-refractivity contribution in [2.75, 3.05) is 0 Å². The normalized spacial score (nSPS) is 41.9. The van der Waals surface area contributed by atoms with Crippen molar-refractivity contribution >= 4 is 5.78 Å². The van der Waals surface area contributed by atoms with E-state index in [0.717, 1.165) is 25.5 Å². The summed E-state index contributed by atoms with van der Waals surface area (Å²) in [4.78, 5) is 11.9. The molecule has 2 aliphatic carbocycles. The summed E-state index contributed by atoms with van der Waals surface area (Å²) in [5.41, 5.74) is 0.191. The number of rotatable bonds is 0. The molecule has 2 fully saturated rings. The third-order valence-electron chi connectivity index (χ3n) is 3.78. The number of carbonyl (C=O) groups is 1. The van der Waals surface area contributed by atoms with Gasteiger partial charge < -0.3 is 10.2 Å². The van der Waals surface area contributed by atoms with E-state index in [2.05, 4.69) is 0 Å². The average Bonchev–Trinajstić information content (AvgIpc) is 2.08. The van der Waals surface area contributed by atoms with Crippen LogP contribution in [0.15, 0.2) is 11.8 Å². The Bertz CT molecular complexity index is 322. The lowest BCUT2D eigenvalue weighted by Crippen LogP contribution is -2.49. The highest BCUT2D eigenvalue weighted by molar-refractivity contribution is 6.00. The molecule has 0 aromatic rings. The van der Waals surface area contributed by atoms with Crippen molar-refractivity contribution in [3.63, 3.8) is 0 Å². The molecule has 0 atom stereocenters. The van der Waals surface area contributed by atoms with E-state index in [4.69, 9.17) is 5.11 Å². The summed E-state index contributed by atoms with van der Waals surface area (Å²) in [7, 11) is 0. The predicted molar refractivity (Wildman–Crippen MR) is 56.4 cm³/mol. The van der Waals surface area contributed by atoms with Gasteiger partial charge in [0.1, 0.15) is 0 Å². The van der Waals surface area contributed by atoms with Gasteiger partial charge in [0.15, 0.2) is 5.78 Å². The van der Waals surface area contributed by atoms with Gasteiger partial charge in [-0.05, 0) is 31.1 Å². The third kappa shape index (κ3) is 1.59. The first-order valence-corrected chi connectivity index (χ1v) is 5.45. The minimum absolute atomic E-state index is 0.0528. The molecule has 0 unspecified atom stereocenters. The lowest BCUT2D eigenvalue weighted by Gasteiger charge is -2.52. The Kier molecular flexibility index (Phi) is 2.19. The first kappa shape index (κ1) is 10.7. The fraction of sp³-hybridized carbons (Fsp3) is 0.750. The Labute approximate surface area is 89.8 Å². The Morgan fingerprint density at radius 3 is 2.47 bits per heavy atom. The van der Waals surface area contributed by atoms with E-state index < -0.39 is 5.41 Å². The third-order valence-corrected chi connectivity index (χ3v) is 3.78. The summed E-state index contributed by atoms with van der Waals surface area (Å²) in [5.74, 6) is 0.0528. The predicted octanol–water partition coefficient (Wildman–Crippen LogP) is 1.96. The largest absolute Gasteiger partial charge is 0.515 e. The maximum absolute atomic E-state index is 11.9. The molecule has 1 spiro atoms. The van der Waals surface area contributed by atoms with Gasteiger partial charge in [0, 0.05) is 11.0 Å². The van der Waals surface area contributed by atoms with Crippen LogP contribution in [-0.2, 0) is 4.79 Å². The van der Waals surface area contributed by atoms with E-state index in [1.54, 1.807) is 0 Å². The van der Waals surface area contributed by atoms with Crippen LogP contribution in [0.2, 0.25) is 0 Å². The molecule has 0 amide bonds. The lowest BCUT2D eigenvalue weighted by molar-refractivity contribution is -0.135. The van der Waals surface area contributed by atoms with Crippen LogP contribution in [0.25, 0.3) is 0 Å². The van der Waals surface area contributed by atoms with E-state index in [0.29, 0.717) is 12.0 Å². The smallest absolute Gasteiger partial charge is 0.167 e. The Morgan fingerprint density at radius 2 is 2.00 bits per heavy atom. The van der Waals surface area contributed by atoms with Gasteiger partial charge in [0.25, 0.3) is 0 Å². The topological polar surface area (TPSA) is 57.5 Å². The summed E-state index contributed by atoms with van der Waals surface area (Å²) in [6.45, 7) is 3.84. The molecule has 0 aliphatic heterocycles. The fourth-order valence-electron chi connectivity index (χ4n) is 3.33. The highest BCUT2D eigenvalue weighted by Crippen LogP contribution is 2.56. The van der Waals surface area contributed by atoms with Crippen molar-refractivity contribution in [3.05, 3.63) is 11.8 Å². The first-order valence-electron chi connectivity index (χ1n) is 5.45. The summed E-state index contributed by atoms with van der Waals surface area (Å²) in [5, 5.41) is 18.5. The van der Waals surface area contributed by atoms with Crippen LogP contribution in [0, 0.1) is 10.8 Å². The molecule has 0 heterocycles. The SMILES string of the molecule is CC1(C)CC2(C/C(=C/O)C1=O)CC(O)C2. The van der Waals surface area contributed by atoms with Gasteiger partial charge in [-0.25, -0.2) is 0 Å². The van der Waals surface area contributed by atoms with Gasteiger partial charge in [0.05, 0.1) is 12.4 Å². The molecule has 3 nitrogen and oxygen atoms in total. The van der Waals surface area contributed by atoms with Gasteiger partial charge in [-0.15, -0.1) is 0 Å². The van der Waals surface area contributed by atoms with Crippen LogP contribution < -0.4 is 0 Å². The maximum Gasteiger partial charge on any atom is 0.167 e. The fourth-order valence-corrected chi connectivity index (χ4v) is 3.33.